The van der Waals surface area contributed by atoms with Gasteiger partial charge in [-0.3, -0.25) is 14.5 Å². The van der Waals surface area contributed by atoms with E-state index in [-0.39, 0.29) is 18.3 Å². The number of halogens is 1. The van der Waals surface area contributed by atoms with E-state index in [1.54, 1.807) is 12.1 Å². The maximum Gasteiger partial charge on any atom is 0.256 e. The lowest BCUT2D eigenvalue weighted by Crippen LogP contribution is -2.35. The van der Waals surface area contributed by atoms with Crippen molar-refractivity contribution >= 4 is 40.6 Å². The second kappa shape index (κ2) is 8.20. The van der Waals surface area contributed by atoms with Crippen LogP contribution >= 0.6 is 23.7 Å². The molecule has 2 heterocycles. The van der Waals surface area contributed by atoms with E-state index in [4.69, 9.17) is 5.73 Å². The monoisotopic (exact) mass is 393 g/mol. The molecule has 0 bridgehead atoms. The van der Waals surface area contributed by atoms with Gasteiger partial charge in [0.15, 0.2) is 0 Å². The number of fused-ring (bicyclic) bond motifs is 1. The minimum Gasteiger partial charge on any atom is -0.365 e. The maximum absolute atomic E-state index is 12.5. The summed E-state index contributed by atoms with van der Waals surface area (Å²) >= 11 is 1.46. The third-order valence-corrected chi connectivity index (χ3v) is 5.74. The van der Waals surface area contributed by atoms with E-state index in [9.17, 15) is 9.59 Å². The molecular formula is C19H24ClN3O2S. The molecule has 140 valence electrons. The minimum atomic E-state index is -0.477. The number of carbonyl (C=O) groups excluding carboxylic acids is 2. The lowest BCUT2D eigenvalue weighted by atomic mass is 10.0. The molecule has 0 aliphatic carbocycles. The third-order valence-electron chi connectivity index (χ3n) is 4.60. The van der Waals surface area contributed by atoms with E-state index >= 15 is 0 Å². The SMILES string of the molecule is Cc1ccc(C(=O)Nc2sc3c(c2C(N)=O)CCN(C(C)C)C3)cc1.Cl. The third kappa shape index (κ3) is 4.09. The summed E-state index contributed by atoms with van der Waals surface area (Å²) in [6.45, 7) is 7.98. The zero-order valence-electron chi connectivity index (χ0n) is 15.2. The molecule has 1 aliphatic heterocycles. The van der Waals surface area contributed by atoms with E-state index in [1.165, 1.54) is 11.3 Å². The molecule has 2 amide bonds. The largest absolute Gasteiger partial charge is 0.365 e. The zero-order chi connectivity index (χ0) is 18.1. The molecular weight excluding hydrogens is 370 g/mol. The quantitative estimate of drug-likeness (QED) is 0.833. The zero-order valence-corrected chi connectivity index (χ0v) is 16.8. The van der Waals surface area contributed by atoms with Crippen molar-refractivity contribution in [3.63, 3.8) is 0 Å². The average Bonchev–Trinajstić information content (AvgIpc) is 2.92. The molecule has 0 radical (unpaired) electrons. The molecule has 7 heteroatoms. The molecule has 26 heavy (non-hydrogen) atoms. The number of benzene rings is 1. The molecule has 0 saturated carbocycles. The highest BCUT2D eigenvalue weighted by Crippen LogP contribution is 2.37. The van der Waals surface area contributed by atoms with Crippen molar-refractivity contribution in [2.24, 2.45) is 5.73 Å². The van der Waals surface area contributed by atoms with Crippen molar-refractivity contribution in [3.8, 4) is 0 Å². The fourth-order valence-electron chi connectivity index (χ4n) is 3.09. The van der Waals surface area contributed by atoms with Gasteiger partial charge in [0.2, 0.25) is 0 Å². The molecule has 0 atom stereocenters. The smallest absolute Gasteiger partial charge is 0.256 e. The van der Waals surface area contributed by atoms with E-state index < -0.39 is 5.91 Å². The lowest BCUT2D eigenvalue weighted by molar-refractivity contribution is 0.0999. The number of nitrogens with one attached hydrogen (secondary N) is 1. The summed E-state index contributed by atoms with van der Waals surface area (Å²) in [5.41, 5.74) is 8.74. The number of primary amides is 1. The van der Waals surface area contributed by atoms with Crippen LogP contribution in [-0.4, -0.2) is 29.3 Å². The summed E-state index contributed by atoms with van der Waals surface area (Å²) in [5, 5.41) is 3.45. The minimum absolute atomic E-state index is 0. The molecule has 5 nitrogen and oxygen atoms in total. The number of nitrogens with zero attached hydrogens (tertiary/aromatic N) is 1. The number of hydrogen-bond donors (Lipinski definition) is 2. The van der Waals surface area contributed by atoms with Gasteiger partial charge in [0, 0.05) is 29.6 Å². The second-order valence-electron chi connectivity index (χ2n) is 6.71. The molecule has 3 N–H and O–H groups in total. The summed E-state index contributed by atoms with van der Waals surface area (Å²) in [5.74, 6) is -0.698. The summed E-state index contributed by atoms with van der Waals surface area (Å²) in [6, 6.07) is 7.79. The van der Waals surface area contributed by atoms with Crippen molar-refractivity contribution in [2.45, 2.75) is 39.8 Å². The van der Waals surface area contributed by atoms with Gasteiger partial charge >= 0.3 is 0 Å². The summed E-state index contributed by atoms with van der Waals surface area (Å²) in [6.07, 6.45) is 0.780. The van der Waals surface area contributed by atoms with Crippen LogP contribution < -0.4 is 11.1 Å². The average molecular weight is 394 g/mol. The number of nitrogens with two attached hydrogens (primary N) is 1. The molecule has 0 spiro atoms. The Hall–Kier alpha value is -1.89. The molecule has 1 aromatic carbocycles. The number of aryl methyl sites for hydroxylation is 1. The Morgan fingerprint density at radius 2 is 1.88 bits per heavy atom. The summed E-state index contributed by atoms with van der Waals surface area (Å²) < 4.78 is 0. The molecule has 1 aromatic heterocycles. The van der Waals surface area contributed by atoms with Gasteiger partial charge in [-0.25, -0.2) is 0 Å². The molecule has 1 aliphatic rings. The Morgan fingerprint density at radius 1 is 1.23 bits per heavy atom. The molecule has 0 fully saturated rings. The van der Waals surface area contributed by atoms with E-state index in [1.807, 2.05) is 19.1 Å². The number of thiophene rings is 1. The number of amides is 2. The predicted molar refractivity (Wildman–Crippen MR) is 108 cm³/mol. The topological polar surface area (TPSA) is 75.4 Å². The van der Waals surface area contributed by atoms with Crippen molar-refractivity contribution in [3.05, 3.63) is 51.4 Å². The lowest BCUT2D eigenvalue weighted by Gasteiger charge is -2.30. The van der Waals surface area contributed by atoms with Crippen molar-refractivity contribution < 1.29 is 9.59 Å². The van der Waals surface area contributed by atoms with Crippen LogP contribution in [0.1, 0.15) is 50.6 Å². The fraction of sp³-hybridized carbons (Fsp3) is 0.368. The van der Waals surface area contributed by atoms with Gasteiger partial charge in [-0.05, 0) is 44.9 Å². The second-order valence-corrected chi connectivity index (χ2v) is 7.81. The van der Waals surface area contributed by atoms with Gasteiger partial charge in [-0.2, -0.15) is 0 Å². The van der Waals surface area contributed by atoms with E-state index in [2.05, 4.69) is 24.1 Å². The standard InChI is InChI=1S/C19H23N3O2S.ClH/c1-11(2)22-9-8-14-15(10-22)25-19(16(14)17(20)23)21-18(24)13-6-4-12(3)5-7-13;/h4-7,11H,8-10H2,1-3H3,(H2,20,23)(H,21,24);1H. The van der Waals surface area contributed by atoms with Gasteiger partial charge in [0.1, 0.15) is 5.00 Å². The number of hydrogen-bond acceptors (Lipinski definition) is 4. The summed E-state index contributed by atoms with van der Waals surface area (Å²) in [4.78, 5) is 28.0. The Labute approximate surface area is 164 Å². The van der Waals surface area contributed by atoms with Gasteiger partial charge in [0.05, 0.1) is 5.56 Å². The van der Waals surface area contributed by atoms with Crippen LogP contribution in [0.25, 0.3) is 0 Å². The van der Waals surface area contributed by atoms with Crippen LogP contribution in [0.15, 0.2) is 24.3 Å². The number of anilines is 1. The van der Waals surface area contributed by atoms with Gasteiger partial charge in [0.25, 0.3) is 11.8 Å². The fourth-order valence-corrected chi connectivity index (χ4v) is 4.37. The molecule has 0 saturated heterocycles. The van der Waals surface area contributed by atoms with Crippen molar-refractivity contribution in [1.82, 2.24) is 4.90 Å². The Balaban J connectivity index is 0.00000243. The first kappa shape index (κ1) is 20.4. The van der Waals surface area contributed by atoms with Crippen molar-refractivity contribution in [1.29, 1.82) is 0 Å². The van der Waals surface area contributed by atoms with Crippen LogP contribution in [0.5, 0.6) is 0 Å². The van der Waals surface area contributed by atoms with Crippen LogP contribution in [-0.2, 0) is 13.0 Å². The highest BCUT2D eigenvalue weighted by Gasteiger charge is 2.28. The molecule has 0 unspecified atom stereocenters. The van der Waals surface area contributed by atoms with Crippen LogP contribution in [0.2, 0.25) is 0 Å². The van der Waals surface area contributed by atoms with Gasteiger partial charge in [-0.15, -0.1) is 23.7 Å². The van der Waals surface area contributed by atoms with Crippen LogP contribution in [0.4, 0.5) is 5.00 Å². The first-order valence-electron chi connectivity index (χ1n) is 8.43. The summed E-state index contributed by atoms with van der Waals surface area (Å²) in [7, 11) is 0. The van der Waals surface area contributed by atoms with E-state index in [0.717, 1.165) is 35.5 Å². The Morgan fingerprint density at radius 3 is 2.46 bits per heavy atom. The number of carbonyl (C=O) groups is 2. The Bertz CT molecular complexity index is 815. The maximum atomic E-state index is 12.5. The first-order valence-corrected chi connectivity index (χ1v) is 9.25. The predicted octanol–water partition coefficient (Wildman–Crippen LogP) is 3.60. The van der Waals surface area contributed by atoms with E-state index in [0.29, 0.717) is 22.2 Å². The molecule has 3 rings (SSSR count). The molecule has 2 aromatic rings. The van der Waals surface area contributed by atoms with Crippen LogP contribution in [0.3, 0.4) is 0 Å². The normalized spacial score (nSPS) is 13.8. The highest BCUT2D eigenvalue weighted by atomic mass is 35.5. The van der Waals surface area contributed by atoms with Gasteiger partial charge < -0.3 is 11.1 Å². The van der Waals surface area contributed by atoms with Crippen molar-refractivity contribution in [2.75, 3.05) is 11.9 Å². The Kier molecular flexibility index (Phi) is 6.44. The van der Waals surface area contributed by atoms with Crippen LogP contribution in [0, 0.1) is 6.92 Å². The highest BCUT2D eigenvalue weighted by molar-refractivity contribution is 7.17. The van der Waals surface area contributed by atoms with Gasteiger partial charge in [-0.1, -0.05) is 17.7 Å². The number of rotatable bonds is 4. The first-order chi connectivity index (χ1) is 11.9.